The van der Waals surface area contributed by atoms with E-state index in [9.17, 15) is 19.2 Å². The van der Waals surface area contributed by atoms with Crippen LogP contribution in [0, 0.1) is 0 Å². The van der Waals surface area contributed by atoms with Crippen LogP contribution < -0.4 is 5.73 Å². The van der Waals surface area contributed by atoms with Gasteiger partial charge in [0.25, 0.3) is 11.8 Å². The Morgan fingerprint density at radius 3 is 1.66 bits per heavy atom. The highest BCUT2D eigenvalue weighted by atomic mass is 33.1. The van der Waals surface area contributed by atoms with Crippen LogP contribution >= 0.6 is 21.6 Å². The lowest BCUT2D eigenvalue weighted by atomic mass is 10.1. The van der Waals surface area contributed by atoms with Crippen molar-refractivity contribution in [3.63, 3.8) is 0 Å². The van der Waals surface area contributed by atoms with Gasteiger partial charge >= 0.3 is 11.9 Å². The molecule has 2 N–H and O–H groups in total. The molecule has 0 unspecified atom stereocenters. The minimum atomic E-state index is -1.19. The largest absolute Gasteiger partial charge is 0.468 e. The molecule has 2 aromatic carbocycles. The van der Waals surface area contributed by atoms with Gasteiger partial charge in [0.1, 0.15) is 12.1 Å². The number of ether oxygens (including phenoxy) is 2. The molecule has 0 spiro atoms. The van der Waals surface area contributed by atoms with E-state index in [0.29, 0.717) is 0 Å². The van der Waals surface area contributed by atoms with Gasteiger partial charge < -0.3 is 15.2 Å². The number of nitrogens with two attached hydrogens (primary N) is 1. The Hall–Kier alpha value is -2.82. The molecule has 2 rings (SSSR count). The molecule has 2 aromatic rings. The standard InChI is InChI=1S/C22H24N2O6S2/c1-29-21(27)17(23)13-31-32-14-18(22(28)30-2)24(19(25)15-9-5-3-6-10-15)20(26)16-11-7-4-8-12-16/h3-12,17-18H,13-14,23H2,1-2H3/t17-,18-/m0/s1. The molecule has 0 radical (unpaired) electrons. The second-order valence-electron chi connectivity index (χ2n) is 6.45. The third kappa shape index (κ3) is 6.84. The van der Waals surface area contributed by atoms with E-state index >= 15 is 0 Å². The number of carbonyl (C=O) groups is 4. The Kier molecular flexibility index (Phi) is 10.3. The summed E-state index contributed by atoms with van der Waals surface area (Å²) >= 11 is 0. The average Bonchev–Trinajstić information content (AvgIpc) is 2.85. The Balaban J connectivity index is 2.29. The number of rotatable bonds is 10. The first-order valence-electron chi connectivity index (χ1n) is 9.54. The Morgan fingerprint density at radius 2 is 1.22 bits per heavy atom. The fraction of sp³-hybridized carbons (Fsp3) is 0.273. The summed E-state index contributed by atoms with van der Waals surface area (Å²) in [5, 5.41) is 0. The summed E-state index contributed by atoms with van der Waals surface area (Å²) in [5.41, 5.74) is 6.24. The molecule has 32 heavy (non-hydrogen) atoms. The topological polar surface area (TPSA) is 116 Å². The Bertz CT molecular complexity index is 875. The van der Waals surface area contributed by atoms with E-state index in [1.165, 1.54) is 35.8 Å². The van der Waals surface area contributed by atoms with Gasteiger partial charge in [0, 0.05) is 22.6 Å². The summed E-state index contributed by atoms with van der Waals surface area (Å²) in [7, 11) is 4.86. The zero-order valence-corrected chi connectivity index (χ0v) is 19.3. The molecule has 2 amide bonds. The number of hydrogen-bond donors (Lipinski definition) is 1. The van der Waals surface area contributed by atoms with E-state index in [-0.39, 0.29) is 22.6 Å². The van der Waals surface area contributed by atoms with Crippen LogP contribution in [0.25, 0.3) is 0 Å². The lowest BCUT2D eigenvalue weighted by molar-refractivity contribution is -0.144. The molecule has 0 aliphatic heterocycles. The number of methoxy groups -OCH3 is 2. The van der Waals surface area contributed by atoms with Gasteiger partial charge in [-0.25, -0.2) is 4.79 Å². The number of carbonyl (C=O) groups excluding carboxylic acids is 4. The second-order valence-corrected chi connectivity index (χ2v) is 9.00. The molecule has 0 heterocycles. The quantitative estimate of drug-likeness (QED) is 0.239. The summed E-state index contributed by atoms with van der Waals surface area (Å²) in [5.74, 6) is -2.25. The van der Waals surface area contributed by atoms with E-state index in [4.69, 9.17) is 10.5 Å². The number of esters is 2. The first-order valence-corrected chi connectivity index (χ1v) is 12.0. The normalized spacial score (nSPS) is 12.3. The zero-order chi connectivity index (χ0) is 23.5. The first-order chi connectivity index (χ1) is 15.4. The highest BCUT2D eigenvalue weighted by Gasteiger charge is 2.36. The van der Waals surface area contributed by atoms with Crippen LogP contribution in [0.3, 0.4) is 0 Å². The lowest BCUT2D eigenvalue weighted by Crippen LogP contribution is -2.50. The molecular weight excluding hydrogens is 452 g/mol. The molecule has 0 aliphatic rings. The van der Waals surface area contributed by atoms with Gasteiger partial charge in [0.15, 0.2) is 0 Å². The van der Waals surface area contributed by atoms with Crippen LogP contribution in [-0.2, 0) is 19.1 Å². The molecule has 2 atom stereocenters. The fourth-order valence-electron chi connectivity index (χ4n) is 2.65. The van der Waals surface area contributed by atoms with Crippen LogP contribution in [-0.4, -0.2) is 66.5 Å². The van der Waals surface area contributed by atoms with Crippen LogP contribution in [0.4, 0.5) is 0 Å². The molecule has 0 bridgehead atoms. The van der Waals surface area contributed by atoms with Crippen molar-refractivity contribution in [1.29, 1.82) is 0 Å². The van der Waals surface area contributed by atoms with Gasteiger partial charge in [-0.05, 0) is 24.3 Å². The van der Waals surface area contributed by atoms with Crippen molar-refractivity contribution in [2.75, 3.05) is 25.7 Å². The molecule has 0 aliphatic carbocycles. The molecule has 8 nitrogen and oxygen atoms in total. The smallest absolute Gasteiger partial charge is 0.330 e. The highest BCUT2D eigenvalue weighted by Crippen LogP contribution is 2.26. The summed E-state index contributed by atoms with van der Waals surface area (Å²) in [6, 6.07) is 14.4. The number of amides is 2. The minimum absolute atomic E-state index is 0.0440. The van der Waals surface area contributed by atoms with Crippen molar-refractivity contribution in [1.82, 2.24) is 4.90 Å². The van der Waals surface area contributed by atoms with Gasteiger partial charge in [0.2, 0.25) is 0 Å². The number of benzene rings is 2. The van der Waals surface area contributed by atoms with E-state index in [1.807, 2.05) is 0 Å². The maximum Gasteiger partial charge on any atom is 0.330 e. The van der Waals surface area contributed by atoms with Crippen molar-refractivity contribution in [2.45, 2.75) is 12.1 Å². The average molecular weight is 477 g/mol. The van der Waals surface area contributed by atoms with E-state index in [2.05, 4.69) is 4.74 Å². The van der Waals surface area contributed by atoms with Gasteiger partial charge in [-0.3, -0.25) is 19.3 Å². The SMILES string of the molecule is COC(=O)[C@@H](N)CSSC[C@@H](C(=O)OC)N(C(=O)c1ccccc1)C(=O)c1ccccc1. The van der Waals surface area contributed by atoms with Gasteiger partial charge in [0.05, 0.1) is 14.2 Å². The molecular formula is C22H24N2O6S2. The summed E-state index contributed by atoms with van der Waals surface area (Å²) in [6.45, 7) is 0. The van der Waals surface area contributed by atoms with Gasteiger partial charge in [-0.1, -0.05) is 58.0 Å². The predicted molar refractivity (Wildman–Crippen MR) is 124 cm³/mol. The third-order valence-corrected chi connectivity index (χ3v) is 6.75. The van der Waals surface area contributed by atoms with Crippen LogP contribution in [0.1, 0.15) is 20.7 Å². The number of hydrogen-bond acceptors (Lipinski definition) is 9. The number of imide groups is 1. The molecule has 0 saturated heterocycles. The first kappa shape index (κ1) is 25.4. The summed E-state index contributed by atoms with van der Waals surface area (Å²) in [4.78, 5) is 51.6. The van der Waals surface area contributed by atoms with Crippen molar-refractivity contribution in [3.8, 4) is 0 Å². The molecule has 170 valence electrons. The molecule has 0 saturated carbocycles. The fourth-order valence-corrected chi connectivity index (χ4v) is 4.95. The lowest BCUT2D eigenvalue weighted by Gasteiger charge is -2.28. The van der Waals surface area contributed by atoms with Crippen molar-refractivity contribution >= 4 is 45.3 Å². The minimum Gasteiger partial charge on any atom is -0.468 e. The summed E-state index contributed by atoms with van der Waals surface area (Å²) < 4.78 is 9.48. The van der Waals surface area contributed by atoms with Crippen molar-refractivity contribution in [2.24, 2.45) is 5.73 Å². The van der Waals surface area contributed by atoms with E-state index in [0.717, 1.165) is 4.90 Å². The number of nitrogens with zero attached hydrogens (tertiary/aromatic N) is 1. The molecule has 10 heteroatoms. The van der Waals surface area contributed by atoms with Gasteiger partial charge in [-0.15, -0.1) is 0 Å². The maximum absolute atomic E-state index is 13.3. The third-order valence-electron chi connectivity index (χ3n) is 4.32. The van der Waals surface area contributed by atoms with E-state index < -0.39 is 35.8 Å². The Morgan fingerprint density at radius 1 is 0.781 bits per heavy atom. The molecule has 0 fully saturated rings. The van der Waals surface area contributed by atoms with Crippen LogP contribution in [0.5, 0.6) is 0 Å². The van der Waals surface area contributed by atoms with Crippen molar-refractivity contribution in [3.05, 3.63) is 71.8 Å². The highest BCUT2D eigenvalue weighted by molar-refractivity contribution is 8.76. The van der Waals surface area contributed by atoms with Gasteiger partial charge in [-0.2, -0.15) is 0 Å². The maximum atomic E-state index is 13.3. The molecule has 0 aromatic heterocycles. The van der Waals surface area contributed by atoms with Crippen molar-refractivity contribution < 1.29 is 28.7 Å². The van der Waals surface area contributed by atoms with Crippen LogP contribution in [0.15, 0.2) is 60.7 Å². The van der Waals surface area contributed by atoms with Crippen LogP contribution in [0.2, 0.25) is 0 Å². The van der Waals surface area contributed by atoms with E-state index in [1.54, 1.807) is 60.7 Å². The monoisotopic (exact) mass is 476 g/mol. The predicted octanol–water partition coefficient (Wildman–Crippen LogP) is 2.39. The summed E-state index contributed by atoms with van der Waals surface area (Å²) in [6.07, 6.45) is 0. The second kappa shape index (κ2) is 12.9. The zero-order valence-electron chi connectivity index (χ0n) is 17.6. The Labute approximate surface area is 194 Å².